The van der Waals surface area contributed by atoms with Crippen molar-refractivity contribution in [2.75, 3.05) is 13.1 Å². The molecule has 0 aromatic heterocycles. The maximum atomic E-state index is 12.9. The Labute approximate surface area is 146 Å². The number of hydrogen-bond acceptors (Lipinski definition) is 2. The van der Waals surface area contributed by atoms with E-state index in [-0.39, 0.29) is 17.7 Å². The smallest absolute Gasteiger partial charge is 0.308 e. The number of likely N-dealkylation sites (tertiary alicyclic amines) is 1. The van der Waals surface area contributed by atoms with Gasteiger partial charge in [0, 0.05) is 29.9 Å². The lowest BCUT2D eigenvalue weighted by Crippen LogP contribution is -2.36. The molecule has 1 saturated carbocycles. The van der Waals surface area contributed by atoms with Crippen molar-refractivity contribution in [1.29, 1.82) is 0 Å². The van der Waals surface area contributed by atoms with Crippen LogP contribution >= 0.6 is 11.6 Å². The predicted molar refractivity (Wildman–Crippen MR) is 90.7 cm³/mol. The molecule has 1 N–H and O–H groups in total. The lowest BCUT2D eigenvalue weighted by atomic mass is 9.89. The Morgan fingerprint density at radius 3 is 2.38 bits per heavy atom. The molecular weight excluding hydrogens is 326 g/mol. The van der Waals surface area contributed by atoms with E-state index in [0.29, 0.717) is 29.9 Å². The number of rotatable bonds is 3. The average Bonchev–Trinajstić information content (AvgIpc) is 3.29. The number of carbonyl (C=O) groups excluding carboxylic acids is 1. The Bertz CT molecular complexity index is 699. The minimum atomic E-state index is -0.835. The molecule has 3 aliphatic rings. The lowest BCUT2D eigenvalue weighted by Gasteiger charge is -2.24. The van der Waals surface area contributed by atoms with Crippen LogP contribution in [0.2, 0.25) is 5.02 Å². The number of allylic oxidation sites excluding steroid dienone is 2. The third-order valence-electron chi connectivity index (χ3n) is 5.84. The summed E-state index contributed by atoms with van der Waals surface area (Å²) in [7, 11) is 0. The van der Waals surface area contributed by atoms with E-state index < -0.39 is 11.9 Å². The highest BCUT2D eigenvalue weighted by Gasteiger charge is 2.46. The minimum absolute atomic E-state index is 0.0402. The molecule has 1 aromatic rings. The molecule has 2 fully saturated rings. The third kappa shape index (κ3) is 2.63. The van der Waals surface area contributed by atoms with Gasteiger partial charge in [-0.2, -0.15) is 0 Å². The second-order valence-electron chi connectivity index (χ2n) is 7.23. The summed E-state index contributed by atoms with van der Waals surface area (Å²) in [5.41, 5.74) is 0.940. The van der Waals surface area contributed by atoms with Crippen LogP contribution in [-0.2, 0) is 9.59 Å². The van der Waals surface area contributed by atoms with Gasteiger partial charge in [0.15, 0.2) is 0 Å². The highest BCUT2D eigenvalue weighted by Crippen LogP contribution is 2.45. The van der Waals surface area contributed by atoms with Gasteiger partial charge in [-0.05, 0) is 42.4 Å². The number of carbonyl (C=O) groups is 2. The molecule has 126 valence electrons. The van der Waals surface area contributed by atoms with E-state index in [9.17, 15) is 14.7 Å². The van der Waals surface area contributed by atoms with Crippen LogP contribution in [0, 0.1) is 23.7 Å². The van der Waals surface area contributed by atoms with E-state index in [2.05, 4.69) is 12.2 Å². The Hall–Kier alpha value is -1.81. The van der Waals surface area contributed by atoms with Crippen LogP contribution in [0.1, 0.15) is 24.3 Å². The van der Waals surface area contributed by atoms with Gasteiger partial charge in [0.25, 0.3) is 0 Å². The zero-order valence-electron chi connectivity index (χ0n) is 13.3. The number of benzene rings is 1. The number of aliphatic carboxylic acids is 1. The van der Waals surface area contributed by atoms with E-state index in [1.807, 2.05) is 12.1 Å². The number of halogens is 1. The molecule has 1 heterocycles. The summed E-state index contributed by atoms with van der Waals surface area (Å²) in [4.78, 5) is 26.4. The standard InChI is InChI=1S/C19H20ClNO3/c20-14-5-3-12(4-6-14)16-9-21(10-17(16)19(23)24)18(22)15-8-11-1-2-13(15)7-11/h1-6,11,13,15-17H,7-10H2,(H,23,24)/t11?,13?,15?,16-,17+/m0/s1. The normalized spacial score (nSPS) is 34.0. The number of carboxylic acid groups (broad SMARTS) is 1. The summed E-state index contributed by atoms with van der Waals surface area (Å²) in [6.45, 7) is 0.786. The first-order valence-corrected chi connectivity index (χ1v) is 8.86. The van der Waals surface area contributed by atoms with E-state index in [1.165, 1.54) is 0 Å². The maximum absolute atomic E-state index is 12.9. The van der Waals surface area contributed by atoms with Gasteiger partial charge < -0.3 is 10.0 Å². The van der Waals surface area contributed by atoms with Crippen LogP contribution in [0.5, 0.6) is 0 Å². The molecule has 5 heteroatoms. The van der Waals surface area contributed by atoms with Crippen molar-refractivity contribution in [1.82, 2.24) is 4.90 Å². The Morgan fingerprint density at radius 2 is 1.79 bits per heavy atom. The molecule has 1 amide bonds. The highest BCUT2D eigenvalue weighted by atomic mass is 35.5. The SMILES string of the molecule is O=C(O)[C@@H]1CN(C(=O)C2CC3C=CC2C3)C[C@H]1c1ccc(Cl)cc1. The summed E-state index contributed by atoms with van der Waals surface area (Å²) in [5.74, 6) is -0.498. The first-order chi connectivity index (χ1) is 11.5. The molecule has 3 unspecified atom stereocenters. The molecule has 24 heavy (non-hydrogen) atoms. The van der Waals surface area contributed by atoms with Crippen molar-refractivity contribution in [3.8, 4) is 0 Å². The maximum Gasteiger partial charge on any atom is 0.308 e. The Kier molecular flexibility index (Phi) is 3.87. The second-order valence-corrected chi connectivity index (χ2v) is 7.67. The van der Waals surface area contributed by atoms with Crippen molar-refractivity contribution >= 4 is 23.5 Å². The summed E-state index contributed by atoms with van der Waals surface area (Å²) in [6, 6.07) is 7.30. The second kappa shape index (κ2) is 5.92. The summed E-state index contributed by atoms with van der Waals surface area (Å²) in [6.07, 6.45) is 6.38. The van der Waals surface area contributed by atoms with Gasteiger partial charge in [-0.3, -0.25) is 9.59 Å². The van der Waals surface area contributed by atoms with Crippen molar-refractivity contribution in [3.05, 3.63) is 47.0 Å². The van der Waals surface area contributed by atoms with E-state index in [4.69, 9.17) is 11.6 Å². The molecule has 4 rings (SSSR count). The Balaban J connectivity index is 1.54. The van der Waals surface area contributed by atoms with E-state index in [0.717, 1.165) is 18.4 Å². The molecule has 1 aliphatic heterocycles. The molecule has 2 bridgehead atoms. The van der Waals surface area contributed by atoms with Crippen molar-refractivity contribution in [3.63, 3.8) is 0 Å². The topological polar surface area (TPSA) is 57.6 Å². The summed E-state index contributed by atoms with van der Waals surface area (Å²) in [5, 5.41) is 10.2. The quantitative estimate of drug-likeness (QED) is 0.856. The van der Waals surface area contributed by atoms with Crippen LogP contribution in [0.4, 0.5) is 0 Å². The van der Waals surface area contributed by atoms with Crippen LogP contribution in [0.25, 0.3) is 0 Å². The van der Waals surface area contributed by atoms with Crippen molar-refractivity contribution in [2.45, 2.75) is 18.8 Å². The molecule has 0 radical (unpaired) electrons. The van der Waals surface area contributed by atoms with Gasteiger partial charge in [0.05, 0.1) is 5.92 Å². The first-order valence-electron chi connectivity index (χ1n) is 8.48. The van der Waals surface area contributed by atoms with Crippen molar-refractivity contribution < 1.29 is 14.7 Å². The molecule has 5 atom stereocenters. The fraction of sp³-hybridized carbons (Fsp3) is 0.474. The summed E-state index contributed by atoms with van der Waals surface area (Å²) >= 11 is 5.93. The molecular formula is C19H20ClNO3. The van der Waals surface area contributed by atoms with Crippen LogP contribution in [0.15, 0.2) is 36.4 Å². The molecule has 0 spiro atoms. The molecule has 1 aromatic carbocycles. The number of nitrogens with zero attached hydrogens (tertiary/aromatic N) is 1. The largest absolute Gasteiger partial charge is 0.481 e. The van der Waals surface area contributed by atoms with Crippen LogP contribution in [0.3, 0.4) is 0 Å². The minimum Gasteiger partial charge on any atom is -0.481 e. The number of carboxylic acids is 1. The highest BCUT2D eigenvalue weighted by molar-refractivity contribution is 6.30. The third-order valence-corrected chi connectivity index (χ3v) is 6.09. The fourth-order valence-electron chi connectivity index (χ4n) is 4.58. The van der Waals surface area contributed by atoms with Gasteiger partial charge in [-0.1, -0.05) is 35.9 Å². The van der Waals surface area contributed by atoms with Gasteiger partial charge in [0.2, 0.25) is 5.91 Å². The van der Waals surface area contributed by atoms with Gasteiger partial charge in [-0.25, -0.2) is 0 Å². The fourth-order valence-corrected chi connectivity index (χ4v) is 4.71. The van der Waals surface area contributed by atoms with Crippen LogP contribution in [-0.4, -0.2) is 35.0 Å². The van der Waals surface area contributed by atoms with Crippen LogP contribution < -0.4 is 0 Å². The lowest BCUT2D eigenvalue weighted by molar-refractivity contribution is -0.142. The zero-order valence-corrected chi connectivity index (χ0v) is 14.0. The molecule has 2 aliphatic carbocycles. The number of amides is 1. The molecule has 4 nitrogen and oxygen atoms in total. The van der Waals surface area contributed by atoms with Gasteiger partial charge >= 0.3 is 5.97 Å². The monoisotopic (exact) mass is 345 g/mol. The number of hydrogen-bond donors (Lipinski definition) is 1. The zero-order chi connectivity index (χ0) is 16.8. The number of fused-ring (bicyclic) bond motifs is 2. The Morgan fingerprint density at radius 1 is 1.04 bits per heavy atom. The first kappa shape index (κ1) is 15.7. The predicted octanol–water partition coefficient (Wildman–Crippen LogP) is 3.18. The van der Waals surface area contributed by atoms with E-state index >= 15 is 0 Å². The van der Waals surface area contributed by atoms with Gasteiger partial charge in [0.1, 0.15) is 0 Å². The van der Waals surface area contributed by atoms with Gasteiger partial charge in [-0.15, -0.1) is 0 Å². The van der Waals surface area contributed by atoms with E-state index in [1.54, 1.807) is 17.0 Å². The molecule has 1 saturated heterocycles. The van der Waals surface area contributed by atoms with Crippen molar-refractivity contribution in [2.24, 2.45) is 23.7 Å². The summed E-state index contributed by atoms with van der Waals surface area (Å²) < 4.78 is 0. The average molecular weight is 346 g/mol.